The van der Waals surface area contributed by atoms with Gasteiger partial charge in [-0.3, -0.25) is 4.79 Å². The summed E-state index contributed by atoms with van der Waals surface area (Å²) in [7, 11) is 0. The number of halogens is 3. The van der Waals surface area contributed by atoms with Crippen molar-refractivity contribution in [1.29, 1.82) is 0 Å². The number of alkyl halides is 3. The fourth-order valence-corrected chi connectivity index (χ4v) is 1.25. The van der Waals surface area contributed by atoms with Crippen molar-refractivity contribution in [3.05, 3.63) is 29.8 Å². The van der Waals surface area contributed by atoms with Crippen molar-refractivity contribution in [2.75, 3.05) is 5.33 Å². The van der Waals surface area contributed by atoms with Crippen LogP contribution in [0.5, 0.6) is 5.75 Å². The number of hydrogen-bond donors (Lipinski definition) is 0. The van der Waals surface area contributed by atoms with E-state index in [1.54, 1.807) is 6.07 Å². The first kappa shape index (κ1) is 11.1. The van der Waals surface area contributed by atoms with Crippen molar-refractivity contribution in [2.45, 2.75) is 6.61 Å². The summed E-state index contributed by atoms with van der Waals surface area (Å²) >= 11 is 2.99. The van der Waals surface area contributed by atoms with Crippen molar-refractivity contribution in [1.82, 2.24) is 0 Å². The number of carbonyl (C=O) groups excluding carboxylic acids is 1. The summed E-state index contributed by atoms with van der Waals surface area (Å²) in [5.74, 6) is -0.184. The van der Waals surface area contributed by atoms with Gasteiger partial charge < -0.3 is 4.74 Å². The monoisotopic (exact) mass is 264 g/mol. The fourth-order valence-electron chi connectivity index (χ4n) is 0.923. The molecule has 1 aromatic rings. The summed E-state index contributed by atoms with van der Waals surface area (Å²) in [6.45, 7) is -2.87. The number of benzene rings is 1. The minimum absolute atomic E-state index is 0.00759. The molecule has 0 aliphatic carbocycles. The van der Waals surface area contributed by atoms with Crippen molar-refractivity contribution in [3.63, 3.8) is 0 Å². The van der Waals surface area contributed by atoms with Crippen molar-refractivity contribution in [2.24, 2.45) is 0 Å². The average molecular weight is 265 g/mol. The first-order valence-corrected chi connectivity index (χ1v) is 4.89. The molecule has 0 bridgehead atoms. The zero-order valence-electron chi connectivity index (χ0n) is 7.04. The highest BCUT2D eigenvalue weighted by Gasteiger charge is 2.07. The molecule has 0 radical (unpaired) electrons. The van der Waals surface area contributed by atoms with Crippen LogP contribution in [0.4, 0.5) is 8.78 Å². The molecule has 0 amide bonds. The Morgan fingerprint density at radius 3 is 2.79 bits per heavy atom. The van der Waals surface area contributed by atoms with Gasteiger partial charge in [-0.1, -0.05) is 28.1 Å². The van der Waals surface area contributed by atoms with Crippen LogP contribution in [0.25, 0.3) is 0 Å². The van der Waals surface area contributed by atoms with Gasteiger partial charge in [0, 0.05) is 5.56 Å². The zero-order valence-corrected chi connectivity index (χ0v) is 8.63. The number of hydrogen-bond acceptors (Lipinski definition) is 2. The van der Waals surface area contributed by atoms with Gasteiger partial charge in [0.1, 0.15) is 5.75 Å². The maximum atomic E-state index is 11.8. The molecule has 14 heavy (non-hydrogen) atoms. The lowest BCUT2D eigenvalue weighted by Gasteiger charge is -2.05. The Bertz CT molecular complexity index is 328. The number of Topliss-reactive ketones (excluding diaryl/α,β-unsaturated/α-hetero) is 1. The van der Waals surface area contributed by atoms with Crippen LogP contribution in [0.2, 0.25) is 0 Å². The Kier molecular flexibility index (Phi) is 4.00. The van der Waals surface area contributed by atoms with Crippen LogP contribution in [-0.2, 0) is 0 Å². The maximum Gasteiger partial charge on any atom is 0.387 e. The second-order valence-corrected chi connectivity index (χ2v) is 3.02. The quantitative estimate of drug-likeness (QED) is 0.618. The molecule has 0 aromatic heterocycles. The van der Waals surface area contributed by atoms with Crippen LogP contribution in [0, 0.1) is 0 Å². The van der Waals surface area contributed by atoms with Gasteiger partial charge in [0.05, 0.1) is 5.33 Å². The third-order valence-electron chi connectivity index (χ3n) is 1.50. The molecule has 76 valence electrons. The summed E-state index contributed by atoms with van der Waals surface area (Å²) in [5.41, 5.74) is 0.347. The number of ketones is 1. The largest absolute Gasteiger partial charge is 0.435 e. The highest BCUT2D eigenvalue weighted by Crippen LogP contribution is 2.16. The molecule has 0 saturated heterocycles. The predicted octanol–water partition coefficient (Wildman–Crippen LogP) is 2.87. The molecule has 0 N–H and O–H groups in total. The van der Waals surface area contributed by atoms with E-state index in [2.05, 4.69) is 20.7 Å². The molecule has 1 aromatic carbocycles. The van der Waals surface area contributed by atoms with Crippen molar-refractivity contribution < 1.29 is 18.3 Å². The van der Waals surface area contributed by atoms with Gasteiger partial charge in [-0.2, -0.15) is 8.78 Å². The Labute approximate surface area is 88.0 Å². The molecule has 0 fully saturated rings. The number of carbonyl (C=O) groups is 1. The minimum Gasteiger partial charge on any atom is -0.435 e. The summed E-state index contributed by atoms with van der Waals surface area (Å²) in [6, 6.07) is 5.70. The number of rotatable bonds is 4. The number of ether oxygens (including phenoxy) is 1. The highest BCUT2D eigenvalue weighted by atomic mass is 79.9. The SMILES string of the molecule is O=C(CBr)c1cccc(OC(F)F)c1. The van der Waals surface area contributed by atoms with Crippen molar-refractivity contribution >= 4 is 21.7 Å². The van der Waals surface area contributed by atoms with Crippen LogP contribution in [0.3, 0.4) is 0 Å². The first-order chi connectivity index (χ1) is 6.63. The van der Waals surface area contributed by atoms with E-state index in [1.807, 2.05) is 0 Å². The summed E-state index contributed by atoms with van der Waals surface area (Å²) in [6.07, 6.45) is 0. The van der Waals surface area contributed by atoms with Crippen LogP contribution in [-0.4, -0.2) is 17.7 Å². The van der Waals surface area contributed by atoms with E-state index in [9.17, 15) is 13.6 Å². The van der Waals surface area contributed by atoms with Crippen LogP contribution >= 0.6 is 15.9 Å². The normalized spacial score (nSPS) is 10.3. The van der Waals surface area contributed by atoms with Gasteiger partial charge in [0.15, 0.2) is 5.78 Å². The van der Waals surface area contributed by atoms with Gasteiger partial charge in [-0.25, -0.2) is 0 Å². The molecule has 0 saturated carbocycles. The van der Waals surface area contributed by atoms with Crippen LogP contribution in [0.15, 0.2) is 24.3 Å². The molecule has 0 unspecified atom stereocenters. The third-order valence-corrected chi connectivity index (χ3v) is 2.01. The third kappa shape index (κ3) is 3.06. The maximum absolute atomic E-state index is 11.8. The van der Waals surface area contributed by atoms with E-state index in [4.69, 9.17) is 0 Å². The van der Waals surface area contributed by atoms with Crippen LogP contribution < -0.4 is 4.74 Å². The van der Waals surface area contributed by atoms with Gasteiger partial charge in [-0.05, 0) is 12.1 Å². The van der Waals surface area contributed by atoms with E-state index >= 15 is 0 Å². The molecule has 0 spiro atoms. The zero-order chi connectivity index (χ0) is 10.6. The van der Waals surface area contributed by atoms with E-state index in [-0.39, 0.29) is 16.9 Å². The van der Waals surface area contributed by atoms with Gasteiger partial charge in [0.2, 0.25) is 0 Å². The smallest absolute Gasteiger partial charge is 0.387 e. The summed E-state index contributed by atoms with van der Waals surface area (Å²) in [4.78, 5) is 11.2. The van der Waals surface area contributed by atoms with E-state index < -0.39 is 6.61 Å². The lowest BCUT2D eigenvalue weighted by molar-refractivity contribution is -0.0498. The second kappa shape index (κ2) is 5.05. The second-order valence-electron chi connectivity index (χ2n) is 2.46. The average Bonchev–Trinajstić information content (AvgIpc) is 2.16. The molecule has 1 rings (SSSR count). The summed E-state index contributed by atoms with van der Waals surface area (Å²) < 4.78 is 27.8. The Morgan fingerprint density at radius 1 is 1.50 bits per heavy atom. The molecule has 5 heteroatoms. The minimum atomic E-state index is -2.87. The standard InChI is InChI=1S/C9H7BrF2O2/c10-5-8(13)6-2-1-3-7(4-6)14-9(11)12/h1-4,9H,5H2. The molecular weight excluding hydrogens is 258 g/mol. The van der Waals surface area contributed by atoms with Gasteiger partial charge in [-0.15, -0.1) is 0 Å². The van der Waals surface area contributed by atoms with Crippen molar-refractivity contribution in [3.8, 4) is 5.75 Å². The first-order valence-electron chi connectivity index (χ1n) is 3.77. The van der Waals surface area contributed by atoms with Crippen LogP contribution in [0.1, 0.15) is 10.4 Å². The van der Waals surface area contributed by atoms with E-state index in [1.165, 1.54) is 18.2 Å². The van der Waals surface area contributed by atoms with Gasteiger partial charge >= 0.3 is 6.61 Å². The predicted molar refractivity (Wildman–Crippen MR) is 51.2 cm³/mol. The Hall–Kier alpha value is -0.970. The van der Waals surface area contributed by atoms with E-state index in [0.29, 0.717) is 5.56 Å². The molecule has 0 atom stereocenters. The highest BCUT2D eigenvalue weighted by molar-refractivity contribution is 9.09. The lowest BCUT2D eigenvalue weighted by atomic mass is 10.1. The topological polar surface area (TPSA) is 26.3 Å². The Morgan fingerprint density at radius 2 is 2.21 bits per heavy atom. The molecular formula is C9H7BrF2O2. The molecule has 0 aliphatic rings. The van der Waals surface area contributed by atoms with E-state index in [0.717, 1.165) is 0 Å². The fraction of sp³-hybridized carbons (Fsp3) is 0.222. The summed E-state index contributed by atoms with van der Waals surface area (Å²) in [5, 5.41) is 0.158. The van der Waals surface area contributed by atoms with Gasteiger partial charge in [0.25, 0.3) is 0 Å². The molecule has 0 heterocycles. The lowest BCUT2D eigenvalue weighted by Crippen LogP contribution is -2.04. The molecule has 0 aliphatic heterocycles. The Balaban J connectivity index is 2.84. The molecule has 2 nitrogen and oxygen atoms in total.